The number of benzene rings is 2. The SMILES string of the molecule is COc1ccccc1NC(=O)c1ccc(NCc2nnc(C3CC3)o2)cc1. The maximum atomic E-state index is 12.4. The molecule has 1 aromatic heterocycles. The van der Waals surface area contributed by atoms with Crippen LogP contribution >= 0.6 is 0 Å². The van der Waals surface area contributed by atoms with Crippen LogP contribution < -0.4 is 15.4 Å². The van der Waals surface area contributed by atoms with Gasteiger partial charge in [-0.15, -0.1) is 10.2 Å². The van der Waals surface area contributed by atoms with E-state index in [0.29, 0.717) is 35.4 Å². The van der Waals surface area contributed by atoms with Crippen LogP contribution in [-0.4, -0.2) is 23.2 Å². The van der Waals surface area contributed by atoms with Crippen LogP contribution in [0.3, 0.4) is 0 Å². The topological polar surface area (TPSA) is 89.3 Å². The molecule has 7 nitrogen and oxygen atoms in total. The van der Waals surface area contributed by atoms with Crippen LogP contribution in [0, 0.1) is 0 Å². The van der Waals surface area contributed by atoms with Gasteiger partial charge in [0.2, 0.25) is 11.8 Å². The second-order valence-corrected chi connectivity index (χ2v) is 6.39. The number of methoxy groups -OCH3 is 1. The van der Waals surface area contributed by atoms with E-state index in [0.717, 1.165) is 24.4 Å². The van der Waals surface area contributed by atoms with Gasteiger partial charge in [0.15, 0.2) is 0 Å². The minimum absolute atomic E-state index is 0.197. The molecule has 7 heteroatoms. The second kappa shape index (κ2) is 7.49. The highest BCUT2D eigenvalue weighted by Crippen LogP contribution is 2.39. The number of amides is 1. The summed E-state index contributed by atoms with van der Waals surface area (Å²) in [5.41, 5.74) is 2.06. The number of carbonyl (C=O) groups excluding carboxylic acids is 1. The Morgan fingerprint density at radius 2 is 1.93 bits per heavy atom. The van der Waals surface area contributed by atoms with Crippen LogP contribution in [0.4, 0.5) is 11.4 Å². The van der Waals surface area contributed by atoms with Crippen LogP contribution in [0.1, 0.15) is 40.9 Å². The maximum absolute atomic E-state index is 12.4. The lowest BCUT2D eigenvalue weighted by Gasteiger charge is -2.10. The molecule has 138 valence electrons. The molecule has 1 saturated carbocycles. The van der Waals surface area contributed by atoms with Gasteiger partial charge < -0.3 is 19.8 Å². The largest absolute Gasteiger partial charge is 0.495 e. The fraction of sp³-hybridized carbons (Fsp3) is 0.250. The quantitative estimate of drug-likeness (QED) is 0.662. The van der Waals surface area contributed by atoms with Gasteiger partial charge in [-0.1, -0.05) is 12.1 Å². The summed E-state index contributed by atoms with van der Waals surface area (Å²) in [5.74, 6) is 2.17. The molecule has 2 aromatic carbocycles. The van der Waals surface area contributed by atoms with Gasteiger partial charge in [0.1, 0.15) is 5.75 Å². The molecule has 1 amide bonds. The average molecular weight is 364 g/mol. The first-order valence-electron chi connectivity index (χ1n) is 8.83. The minimum Gasteiger partial charge on any atom is -0.495 e. The summed E-state index contributed by atoms with van der Waals surface area (Å²) in [6.07, 6.45) is 2.26. The van der Waals surface area contributed by atoms with Gasteiger partial charge >= 0.3 is 0 Å². The Morgan fingerprint density at radius 3 is 2.67 bits per heavy atom. The Hall–Kier alpha value is -3.35. The standard InChI is InChI=1S/C20H20N4O3/c1-26-17-5-3-2-4-16(17)22-19(25)13-8-10-15(11-9-13)21-12-18-23-24-20(27-18)14-6-7-14/h2-5,8-11,14,21H,6-7,12H2,1H3,(H,22,25). The van der Waals surface area contributed by atoms with Crippen molar-refractivity contribution in [1.82, 2.24) is 10.2 Å². The molecule has 0 bridgehead atoms. The van der Waals surface area contributed by atoms with E-state index in [2.05, 4.69) is 20.8 Å². The Labute approximate surface area is 156 Å². The number of nitrogens with one attached hydrogen (secondary N) is 2. The van der Waals surface area contributed by atoms with Crippen LogP contribution in [0.5, 0.6) is 5.75 Å². The molecule has 0 unspecified atom stereocenters. The van der Waals surface area contributed by atoms with Gasteiger partial charge in [0.25, 0.3) is 5.91 Å². The lowest BCUT2D eigenvalue weighted by atomic mass is 10.2. The first-order chi connectivity index (χ1) is 13.2. The minimum atomic E-state index is -0.197. The molecule has 27 heavy (non-hydrogen) atoms. The molecule has 1 heterocycles. The van der Waals surface area contributed by atoms with E-state index in [1.54, 1.807) is 31.4 Å². The number of nitrogens with zero attached hydrogens (tertiary/aromatic N) is 2. The molecule has 3 aromatic rings. The summed E-state index contributed by atoms with van der Waals surface area (Å²) in [7, 11) is 1.57. The summed E-state index contributed by atoms with van der Waals surface area (Å²) in [5, 5.41) is 14.2. The van der Waals surface area contributed by atoms with Gasteiger partial charge in [0, 0.05) is 17.2 Å². The third-order valence-corrected chi connectivity index (χ3v) is 4.36. The first-order valence-corrected chi connectivity index (χ1v) is 8.83. The van der Waals surface area contributed by atoms with E-state index >= 15 is 0 Å². The summed E-state index contributed by atoms with van der Waals surface area (Å²) < 4.78 is 10.9. The zero-order valence-corrected chi connectivity index (χ0v) is 14.9. The number of anilines is 2. The van der Waals surface area contributed by atoms with Crippen molar-refractivity contribution >= 4 is 17.3 Å². The van der Waals surface area contributed by atoms with Crippen molar-refractivity contribution in [3.8, 4) is 5.75 Å². The van der Waals surface area contributed by atoms with Crippen molar-refractivity contribution < 1.29 is 13.9 Å². The maximum Gasteiger partial charge on any atom is 0.255 e. The fourth-order valence-electron chi connectivity index (χ4n) is 2.69. The number of carbonyl (C=O) groups is 1. The third kappa shape index (κ3) is 4.08. The van der Waals surface area contributed by atoms with Gasteiger partial charge in [-0.25, -0.2) is 0 Å². The molecule has 0 aliphatic heterocycles. The molecular formula is C20H20N4O3. The van der Waals surface area contributed by atoms with Gasteiger partial charge in [0.05, 0.1) is 19.3 Å². The predicted octanol–water partition coefficient (Wildman–Crippen LogP) is 3.82. The van der Waals surface area contributed by atoms with Crippen molar-refractivity contribution in [1.29, 1.82) is 0 Å². The van der Waals surface area contributed by atoms with Crippen molar-refractivity contribution in [3.63, 3.8) is 0 Å². The normalized spacial score (nSPS) is 13.2. The summed E-state index contributed by atoms with van der Waals surface area (Å²) in [4.78, 5) is 12.4. The molecule has 1 fully saturated rings. The number of hydrogen-bond acceptors (Lipinski definition) is 6. The van der Waals surface area contributed by atoms with Crippen molar-refractivity contribution in [2.24, 2.45) is 0 Å². The summed E-state index contributed by atoms with van der Waals surface area (Å²) >= 11 is 0. The fourth-order valence-corrected chi connectivity index (χ4v) is 2.69. The van der Waals surface area contributed by atoms with Crippen LogP contribution in [0.25, 0.3) is 0 Å². The van der Waals surface area contributed by atoms with Crippen molar-refractivity contribution in [2.75, 3.05) is 17.7 Å². The van der Waals surface area contributed by atoms with Crippen LogP contribution in [0.15, 0.2) is 52.9 Å². The molecule has 0 saturated heterocycles. The zero-order chi connectivity index (χ0) is 18.6. The molecule has 0 atom stereocenters. The Bertz CT molecular complexity index is 932. The summed E-state index contributed by atoms with van der Waals surface area (Å²) in [6.45, 7) is 0.451. The average Bonchev–Trinajstić information content (AvgIpc) is 3.45. The predicted molar refractivity (Wildman–Crippen MR) is 101 cm³/mol. The number of aromatic nitrogens is 2. The van der Waals surface area contributed by atoms with Gasteiger partial charge in [-0.05, 0) is 49.2 Å². The Morgan fingerprint density at radius 1 is 1.15 bits per heavy atom. The van der Waals surface area contributed by atoms with E-state index in [1.807, 2.05) is 24.3 Å². The Kier molecular flexibility index (Phi) is 4.74. The number of ether oxygens (including phenoxy) is 1. The van der Waals surface area contributed by atoms with Crippen LogP contribution in [0.2, 0.25) is 0 Å². The lowest BCUT2D eigenvalue weighted by molar-refractivity contribution is 0.102. The van der Waals surface area contributed by atoms with E-state index in [1.165, 1.54) is 0 Å². The lowest BCUT2D eigenvalue weighted by Crippen LogP contribution is -2.12. The van der Waals surface area contributed by atoms with E-state index in [4.69, 9.17) is 9.15 Å². The molecule has 0 spiro atoms. The number of rotatable bonds is 7. The highest BCUT2D eigenvalue weighted by atomic mass is 16.5. The van der Waals surface area contributed by atoms with Gasteiger partial charge in [-0.2, -0.15) is 0 Å². The molecule has 0 radical (unpaired) electrons. The van der Waals surface area contributed by atoms with Gasteiger partial charge in [-0.3, -0.25) is 4.79 Å². The first kappa shape index (κ1) is 17.1. The Balaban J connectivity index is 1.35. The van der Waals surface area contributed by atoms with Crippen molar-refractivity contribution in [3.05, 3.63) is 65.9 Å². The number of hydrogen-bond donors (Lipinski definition) is 2. The molecule has 1 aliphatic carbocycles. The summed E-state index contributed by atoms with van der Waals surface area (Å²) in [6, 6.07) is 14.5. The van der Waals surface area contributed by atoms with Crippen molar-refractivity contribution in [2.45, 2.75) is 25.3 Å². The molecule has 1 aliphatic rings. The monoisotopic (exact) mass is 364 g/mol. The second-order valence-electron chi connectivity index (χ2n) is 6.39. The van der Waals surface area contributed by atoms with E-state index in [9.17, 15) is 4.79 Å². The molecule has 4 rings (SSSR count). The van der Waals surface area contributed by atoms with Crippen LogP contribution in [-0.2, 0) is 6.54 Å². The number of para-hydroxylation sites is 2. The van der Waals surface area contributed by atoms with E-state index in [-0.39, 0.29) is 5.91 Å². The smallest absolute Gasteiger partial charge is 0.255 e. The third-order valence-electron chi connectivity index (χ3n) is 4.36. The highest BCUT2D eigenvalue weighted by molar-refractivity contribution is 6.05. The van der Waals surface area contributed by atoms with E-state index < -0.39 is 0 Å². The molecular weight excluding hydrogens is 344 g/mol. The zero-order valence-electron chi connectivity index (χ0n) is 14.9. The molecule has 2 N–H and O–H groups in total. The highest BCUT2D eigenvalue weighted by Gasteiger charge is 2.29.